The Kier molecular flexibility index (Phi) is 7.18. The van der Waals surface area contributed by atoms with Gasteiger partial charge < -0.3 is 10.0 Å². The molecule has 0 radical (unpaired) electrons. The van der Waals surface area contributed by atoms with E-state index in [1.165, 1.54) is 0 Å². The number of aliphatic hydroxyl groups excluding tert-OH is 1. The molecule has 0 aromatic heterocycles. The molecule has 0 spiro atoms. The Morgan fingerprint density at radius 2 is 1.79 bits per heavy atom. The van der Waals surface area contributed by atoms with Gasteiger partial charge in [-0.05, 0) is 41.5 Å². The Morgan fingerprint density at radius 1 is 1.06 bits per heavy atom. The lowest BCUT2D eigenvalue weighted by molar-refractivity contribution is 0.100. The first-order valence-corrected chi connectivity index (χ1v) is 11.3. The lowest BCUT2D eigenvalue weighted by Crippen LogP contribution is -2.49. The summed E-state index contributed by atoms with van der Waals surface area (Å²) in [6.07, 6.45) is -0.652. The second-order valence-corrected chi connectivity index (χ2v) is 8.86. The Balaban J connectivity index is 1.57. The highest BCUT2D eigenvalue weighted by Gasteiger charge is 2.30. The van der Waals surface area contributed by atoms with Crippen LogP contribution in [0.1, 0.15) is 28.8 Å². The molecule has 7 heteroatoms. The first-order valence-electron chi connectivity index (χ1n) is 10.6. The third-order valence-corrected chi connectivity index (χ3v) is 6.50. The van der Waals surface area contributed by atoms with Gasteiger partial charge in [-0.2, -0.15) is 5.26 Å². The van der Waals surface area contributed by atoms with Gasteiger partial charge >= 0.3 is 0 Å². The smallest absolute Gasteiger partial charge is 0.187 e. The molecule has 4 rings (SSSR count). The van der Waals surface area contributed by atoms with Gasteiger partial charge in [0.15, 0.2) is 5.69 Å². The first-order chi connectivity index (χ1) is 16.0. The number of anilines is 1. The van der Waals surface area contributed by atoms with Crippen molar-refractivity contribution in [1.29, 1.82) is 5.26 Å². The first kappa shape index (κ1) is 23.1. The molecule has 1 N–H and O–H groups in total. The van der Waals surface area contributed by atoms with Crippen molar-refractivity contribution in [2.24, 2.45) is 0 Å². The summed E-state index contributed by atoms with van der Waals surface area (Å²) in [7, 11) is 0. The van der Waals surface area contributed by atoms with Gasteiger partial charge in [0.1, 0.15) is 0 Å². The normalized spacial score (nSPS) is 17.2. The predicted molar refractivity (Wildman–Crippen MR) is 132 cm³/mol. The van der Waals surface area contributed by atoms with Crippen molar-refractivity contribution in [2.75, 3.05) is 31.1 Å². The molecule has 2 atom stereocenters. The summed E-state index contributed by atoms with van der Waals surface area (Å²) in [5, 5.41) is 21.2. The second-order valence-electron chi connectivity index (χ2n) is 8.02. The van der Waals surface area contributed by atoms with Crippen molar-refractivity contribution in [3.8, 4) is 6.07 Å². The zero-order chi connectivity index (χ0) is 23.4. The number of β-amino-alcohol motifs (C(OH)–C–C–N with tert-alkyl or cyclic N) is 1. The van der Waals surface area contributed by atoms with Crippen molar-refractivity contribution in [2.45, 2.75) is 12.1 Å². The highest BCUT2D eigenvalue weighted by molar-refractivity contribution is 6.33. The van der Waals surface area contributed by atoms with E-state index in [9.17, 15) is 10.4 Å². The maximum atomic E-state index is 10.8. The van der Waals surface area contributed by atoms with E-state index in [2.05, 4.69) is 20.7 Å². The average molecular weight is 477 g/mol. The lowest BCUT2D eigenvalue weighted by Gasteiger charge is -2.44. The minimum absolute atomic E-state index is 0.00172. The molecule has 166 valence electrons. The molecule has 1 aliphatic heterocycles. The van der Waals surface area contributed by atoms with Crippen LogP contribution in [0.3, 0.4) is 0 Å². The minimum Gasteiger partial charge on any atom is -0.387 e. The molecule has 3 aromatic rings. The molecule has 3 aromatic carbocycles. The third kappa shape index (κ3) is 5.30. The fourth-order valence-corrected chi connectivity index (χ4v) is 4.61. The summed E-state index contributed by atoms with van der Waals surface area (Å²) in [6.45, 7) is 9.72. The number of nitrogens with zero attached hydrogens (tertiary/aromatic N) is 4. The van der Waals surface area contributed by atoms with Crippen molar-refractivity contribution < 1.29 is 5.11 Å². The number of benzene rings is 3. The van der Waals surface area contributed by atoms with Crippen LogP contribution < -0.4 is 4.90 Å². The van der Waals surface area contributed by atoms with Gasteiger partial charge in [0.25, 0.3) is 0 Å². The molecule has 0 bridgehead atoms. The van der Waals surface area contributed by atoms with Gasteiger partial charge in [-0.25, -0.2) is 4.85 Å². The molecule has 0 saturated carbocycles. The summed E-state index contributed by atoms with van der Waals surface area (Å²) in [4.78, 5) is 7.89. The molecule has 0 aliphatic carbocycles. The number of nitriles is 1. The van der Waals surface area contributed by atoms with Crippen LogP contribution in [0.4, 0.5) is 11.4 Å². The zero-order valence-electron chi connectivity index (χ0n) is 17.8. The van der Waals surface area contributed by atoms with Crippen molar-refractivity contribution in [3.05, 3.63) is 105 Å². The molecule has 1 fully saturated rings. The van der Waals surface area contributed by atoms with E-state index >= 15 is 0 Å². The molecule has 33 heavy (non-hydrogen) atoms. The maximum Gasteiger partial charge on any atom is 0.187 e. The van der Waals surface area contributed by atoms with E-state index in [1.54, 1.807) is 24.3 Å². The van der Waals surface area contributed by atoms with Crippen molar-refractivity contribution in [1.82, 2.24) is 4.90 Å². The fraction of sp³-hybridized carbons (Fsp3) is 0.231. The Hall–Kier alpha value is -3.06. The number of piperazine rings is 1. The summed E-state index contributed by atoms with van der Waals surface area (Å²) < 4.78 is 0. The van der Waals surface area contributed by atoms with Gasteiger partial charge in [-0.1, -0.05) is 59.6 Å². The quantitative estimate of drug-likeness (QED) is 0.457. The topological polar surface area (TPSA) is 54.9 Å². The molecule has 0 unspecified atom stereocenters. The van der Waals surface area contributed by atoms with E-state index in [0.717, 1.165) is 23.4 Å². The summed E-state index contributed by atoms with van der Waals surface area (Å²) >= 11 is 12.7. The van der Waals surface area contributed by atoms with Crippen LogP contribution in [0.5, 0.6) is 0 Å². The van der Waals surface area contributed by atoms with E-state index in [1.807, 2.05) is 42.5 Å². The van der Waals surface area contributed by atoms with E-state index in [0.29, 0.717) is 40.9 Å². The third-order valence-electron chi connectivity index (χ3n) is 5.94. The van der Waals surface area contributed by atoms with Gasteiger partial charge in [-0.15, -0.1) is 0 Å². The molecule has 1 saturated heterocycles. The number of aliphatic hydroxyl groups is 1. The summed E-state index contributed by atoms with van der Waals surface area (Å²) in [6, 6.07) is 22.4. The monoisotopic (exact) mass is 476 g/mol. The molecule has 1 aliphatic rings. The van der Waals surface area contributed by atoms with Gasteiger partial charge in [-0.3, -0.25) is 4.90 Å². The Labute approximate surface area is 203 Å². The standard InChI is InChI=1S/C26H22Cl2N4O/c1-30-22-9-5-20(6-10-22)26(33)17-31-12-13-32(24-11-2-18(15-29)14-23(24)28)25(16-31)19-3-7-21(27)8-4-19/h2-11,14,25-26,33H,12-13,16-17H2/t25-,26-/m0/s1. The van der Waals surface area contributed by atoms with Gasteiger partial charge in [0, 0.05) is 31.2 Å². The average Bonchev–Trinajstić information content (AvgIpc) is 2.84. The molecular formula is C26H22Cl2N4O. The van der Waals surface area contributed by atoms with Crippen LogP contribution in [0.15, 0.2) is 66.7 Å². The molecule has 1 heterocycles. The van der Waals surface area contributed by atoms with Gasteiger partial charge in [0.05, 0.1) is 41.1 Å². The number of hydrogen-bond donors (Lipinski definition) is 1. The van der Waals surface area contributed by atoms with Crippen LogP contribution in [-0.2, 0) is 0 Å². The SMILES string of the molecule is [C-]#[N+]c1ccc([C@@H](O)CN2CCN(c3ccc(C#N)cc3Cl)[C@H](c3ccc(Cl)cc3)C2)cc1. The van der Waals surface area contributed by atoms with Crippen LogP contribution in [0.25, 0.3) is 4.85 Å². The minimum atomic E-state index is -0.652. The van der Waals surface area contributed by atoms with E-state index in [-0.39, 0.29) is 6.04 Å². The number of halogens is 2. The highest BCUT2D eigenvalue weighted by Crippen LogP contribution is 2.36. The summed E-state index contributed by atoms with van der Waals surface area (Å²) in [5.74, 6) is 0. The van der Waals surface area contributed by atoms with Crippen LogP contribution in [-0.4, -0.2) is 36.2 Å². The number of rotatable bonds is 5. The summed E-state index contributed by atoms with van der Waals surface area (Å²) in [5.41, 5.74) is 3.86. The van der Waals surface area contributed by atoms with Crippen molar-refractivity contribution in [3.63, 3.8) is 0 Å². The largest absolute Gasteiger partial charge is 0.387 e. The van der Waals surface area contributed by atoms with E-state index in [4.69, 9.17) is 29.8 Å². The van der Waals surface area contributed by atoms with Crippen LogP contribution in [0.2, 0.25) is 10.0 Å². The Bertz CT molecular complexity index is 1200. The van der Waals surface area contributed by atoms with E-state index < -0.39 is 6.10 Å². The lowest BCUT2D eigenvalue weighted by atomic mass is 10.00. The van der Waals surface area contributed by atoms with Crippen LogP contribution in [0, 0.1) is 17.9 Å². The number of hydrogen-bond acceptors (Lipinski definition) is 4. The maximum absolute atomic E-state index is 10.8. The van der Waals surface area contributed by atoms with Gasteiger partial charge in [0.2, 0.25) is 0 Å². The predicted octanol–water partition coefficient (Wildman–Crippen LogP) is 6.01. The highest BCUT2D eigenvalue weighted by atomic mass is 35.5. The van der Waals surface area contributed by atoms with Crippen LogP contribution >= 0.6 is 23.2 Å². The molecule has 0 amide bonds. The van der Waals surface area contributed by atoms with Crippen molar-refractivity contribution >= 4 is 34.6 Å². The zero-order valence-corrected chi connectivity index (χ0v) is 19.3. The Morgan fingerprint density at radius 3 is 2.42 bits per heavy atom. The molecular weight excluding hydrogens is 455 g/mol. The fourth-order valence-electron chi connectivity index (χ4n) is 4.19. The molecule has 5 nitrogen and oxygen atoms in total. The second kappa shape index (κ2) is 10.3.